The quantitative estimate of drug-likeness (QED) is 0.326. The molecule has 2 fully saturated rings. The molecule has 0 spiro atoms. The summed E-state index contributed by atoms with van der Waals surface area (Å²) in [4.78, 5) is 10.2. The summed E-state index contributed by atoms with van der Waals surface area (Å²) in [6, 6.07) is 10.0. The lowest BCUT2D eigenvalue weighted by Gasteiger charge is -2.23. The first-order valence-corrected chi connectivity index (χ1v) is 12.6. The van der Waals surface area contributed by atoms with Gasteiger partial charge >= 0.3 is 0 Å². The zero-order valence-corrected chi connectivity index (χ0v) is 20.4. The molecule has 5 rings (SSSR count). The van der Waals surface area contributed by atoms with Crippen molar-refractivity contribution in [2.75, 3.05) is 39.4 Å². The molecule has 2 saturated heterocycles. The lowest BCUT2D eigenvalue weighted by Crippen LogP contribution is -2.35. The number of rotatable bonds is 8. The minimum absolute atomic E-state index is 0.0729. The van der Waals surface area contributed by atoms with Crippen LogP contribution in [0.25, 0.3) is 27.9 Å². The van der Waals surface area contributed by atoms with E-state index in [0.717, 1.165) is 60.2 Å². The van der Waals surface area contributed by atoms with Gasteiger partial charge in [0.05, 0.1) is 24.5 Å². The Morgan fingerprint density at radius 2 is 2.08 bits per heavy atom. The van der Waals surface area contributed by atoms with Crippen molar-refractivity contribution in [3.05, 3.63) is 54.0 Å². The second-order valence-corrected chi connectivity index (χ2v) is 9.45. The van der Waals surface area contributed by atoms with Crippen LogP contribution in [0.2, 0.25) is 0 Å². The molecule has 36 heavy (non-hydrogen) atoms. The Morgan fingerprint density at radius 3 is 2.86 bits per heavy atom. The molecule has 0 saturated carbocycles. The highest BCUT2D eigenvalue weighted by Gasteiger charge is 2.18. The Hall–Kier alpha value is -3.58. The summed E-state index contributed by atoms with van der Waals surface area (Å²) in [6.07, 6.45) is 9.67. The molecule has 0 atom stereocenters. The van der Waals surface area contributed by atoms with Gasteiger partial charge in [0.15, 0.2) is 0 Å². The van der Waals surface area contributed by atoms with Crippen LogP contribution < -0.4 is 16.3 Å². The lowest BCUT2D eigenvalue weighted by atomic mass is 10.0. The Morgan fingerprint density at radius 1 is 1.28 bits per heavy atom. The first-order valence-electron chi connectivity index (χ1n) is 12.6. The normalized spacial score (nSPS) is 17.4. The second-order valence-electron chi connectivity index (χ2n) is 9.45. The van der Waals surface area contributed by atoms with Crippen molar-refractivity contribution in [2.45, 2.75) is 31.8 Å². The van der Waals surface area contributed by atoms with Crippen molar-refractivity contribution < 1.29 is 9.47 Å². The van der Waals surface area contributed by atoms with E-state index >= 15 is 0 Å². The van der Waals surface area contributed by atoms with Gasteiger partial charge in [0.1, 0.15) is 23.6 Å². The van der Waals surface area contributed by atoms with Gasteiger partial charge in [-0.3, -0.25) is 0 Å². The number of fused-ring (bicyclic) bond motifs is 1. The number of nitrogens with zero attached hydrogens (tertiary/aromatic N) is 4. The fraction of sp³-hybridized carbons (Fsp3) is 0.407. The first kappa shape index (κ1) is 24.1. The van der Waals surface area contributed by atoms with Crippen molar-refractivity contribution in [3.63, 3.8) is 0 Å². The van der Waals surface area contributed by atoms with Gasteiger partial charge in [0, 0.05) is 61.0 Å². The van der Waals surface area contributed by atoms with E-state index in [4.69, 9.17) is 21.1 Å². The second kappa shape index (κ2) is 11.0. The molecule has 188 valence electrons. The molecule has 4 heterocycles. The highest BCUT2D eigenvalue weighted by Crippen LogP contribution is 2.33. The Bertz CT molecular complexity index is 1270. The lowest BCUT2D eigenvalue weighted by molar-refractivity contribution is 0.0254. The van der Waals surface area contributed by atoms with E-state index in [0.29, 0.717) is 36.8 Å². The molecular formula is C27H33N7O2. The number of hydrogen-bond donors (Lipinski definition) is 3. The van der Waals surface area contributed by atoms with Crippen LogP contribution in [-0.4, -0.2) is 65.4 Å². The molecule has 5 N–H and O–H groups in total. The Balaban J connectivity index is 1.35. The van der Waals surface area contributed by atoms with Gasteiger partial charge in [0.25, 0.3) is 0 Å². The van der Waals surface area contributed by atoms with E-state index in [9.17, 15) is 5.26 Å². The number of H-pyrrole nitrogens is 1. The Kier molecular flexibility index (Phi) is 7.37. The van der Waals surface area contributed by atoms with Gasteiger partial charge in [0.2, 0.25) is 0 Å². The summed E-state index contributed by atoms with van der Waals surface area (Å²) in [5.41, 5.74) is 10.8. The summed E-state index contributed by atoms with van der Waals surface area (Å²) >= 11 is 0. The first-order chi connectivity index (χ1) is 17.6. The van der Waals surface area contributed by atoms with Crippen LogP contribution in [0, 0.1) is 11.3 Å². The van der Waals surface area contributed by atoms with Crippen LogP contribution in [0.3, 0.4) is 0 Å². The SMILES string of the molecule is N#Cc1cc(-c2c[nH]c3ncc(/C(N)=C/N(N)CCN4CCCC4)cc23)ccc1OC1CCOCC1. The molecule has 1 aromatic carbocycles. The summed E-state index contributed by atoms with van der Waals surface area (Å²) in [7, 11) is 0. The average Bonchev–Trinajstić information content (AvgIpc) is 3.58. The number of likely N-dealkylation sites (tertiary alicyclic amines) is 1. The maximum absolute atomic E-state index is 9.78. The minimum atomic E-state index is 0.0729. The van der Waals surface area contributed by atoms with Gasteiger partial charge in [-0.1, -0.05) is 6.07 Å². The molecule has 9 heteroatoms. The van der Waals surface area contributed by atoms with E-state index < -0.39 is 0 Å². The highest BCUT2D eigenvalue weighted by molar-refractivity contribution is 5.95. The van der Waals surface area contributed by atoms with E-state index in [-0.39, 0.29) is 6.10 Å². The number of ether oxygens (including phenoxy) is 2. The molecule has 2 aromatic heterocycles. The monoisotopic (exact) mass is 487 g/mol. The third kappa shape index (κ3) is 5.46. The largest absolute Gasteiger partial charge is 0.489 e. The number of nitrogens with one attached hydrogen (secondary N) is 1. The molecule has 2 aliphatic heterocycles. The summed E-state index contributed by atoms with van der Waals surface area (Å²) < 4.78 is 11.5. The molecule has 0 unspecified atom stereocenters. The smallest absolute Gasteiger partial charge is 0.137 e. The van der Waals surface area contributed by atoms with Crippen molar-refractivity contribution in [2.24, 2.45) is 11.6 Å². The summed E-state index contributed by atoms with van der Waals surface area (Å²) in [5, 5.41) is 12.3. The third-order valence-corrected chi connectivity index (χ3v) is 6.92. The van der Waals surface area contributed by atoms with Crippen LogP contribution in [0.15, 0.2) is 42.9 Å². The van der Waals surface area contributed by atoms with E-state index in [2.05, 4.69) is 20.9 Å². The summed E-state index contributed by atoms with van der Waals surface area (Å²) in [6.45, 7) is 5.29. The van der Waals surface area contributed by atoms with Crippen molar-refractivity contribution in [3.8, 4) is 22.9 Å². The van der Waals surface area contributed by atoms with E-state index in [1.165, 1.54) is 12.8 Å². The van der Waals surface area contributed by atoms with Crippen molar-refractivity contribution in [1.29, 1.82) is 5.26 Å². The van der Waals surface area contributed by atoms with Crippen molar-refractivity contribution >= 4 is 16.7 Å². The van der Waals surface area contributed by atoms with E-state index in [1.807, 2.05) is 30.5 Å². The van der Waals surface area contributed by atoms with Gasteiger partial charge < -0.3 is 30.1 Å². The maximum Gasteiger partial charge on any atom is 0.137 e. The molecule has 2 aliphatic rings. The van der Waals surface area contributed by atoms with Crippen LogP contribution in [0.4, 0.5) is 0 Å². The number of aromatic nitrogens is 2. The van der Waals surface area contributed by atoms with E-state index in [1.54, 1.807) is 17.4 Å². The van der Waals surface area contributed by atoms with Gasteiger partial charge in [-0.25, -0.2) is 10.8 Å². The Labute approximate surface area is 211 Å². The predicted octanol–water partition coefficient (Wildman–Crippen LogP) is 3.19. The maximum atomic E-state index is 9.78. The van der Waals surface area contributed by atoms with Gasteiger partial charge in [-0.2, -0.15) is 5.26 Å². The molecule has 9 nitrogen and oxygen atoms in total. The van der Waals surface area contributed by atoms with Crippen LogP contribution in [0.1, 0.15) is 36.8 Å². The van der Waals surface area contributed by atoms with Crippen LogP contribution >= 0.6 is 0 Å². The minimum Gasteiger partial charge on any atom is -0.489 e. The predicted molar refractivity (Wildman–Crippen MR) is 139 cm³/mol. The highest BCUT2D eigenvalue weighted by atomic mass is 16.5. The van der Waals surface area contributed by atoms with Crippen molar-refractivity contribution in [1.82, 2.24) is 19.9 Å². The number of benzene rings is 1. The molecule has 0 radical (unpaired) electrons. The number of nitriles is 1. The number of nitrogens with two attached hydrogens (primary N) is 2. The fourth-order valence-corrected chi connectivity index (χ4v) is 4.84. The average molecular weight is 488 g/mol. The topological polar surface area (TPSA) is 129 Å². The number of hydrogen-bond acceptors (Lipinski definition) is 8. The molecule has 0 amide bonds. The van der Waals surface area contributed by atoms with Crippen LogP contribution in [-0.2, 0) is 4.74 Å². The molecule has 0 bridgehead atoms. The molecule has 0 aliphatic carbocycles. The third-order valence-electron chi connectivity index (χ3n) is 6.92. The zero-order valence-electron chi connectivity index (χ0n) is 20.4. The molecular weight excluding hydrogens is 454 g/mol. The van der Waals surface area contributed by atoms with Gasteiger partial charge in [-0.05, 0) is 49.7 Å². The zero-order chi connectivity index (χ0) is 24.9. The fourth-order valence-electron chi connectivity index (χ4n) is 4.84. The standard InChI is InChI=1S/C27H33N7O2/c28-15-20-13-19(3-4-26(20)36-22-5-11-35-12-6-22)24-17-32-27-23(24)14-21(16-31-27)25(29)18-34(30)10-9-33-7-1-2-8-33/h3-4,13-14,16-18,22H,1-2,5-12,29-30H2,(H,31,32)/b25-18-. The van der Waals surface area contributed by atoms with Gasteiger partial charge in [-0.15, -0.1) is 0 Å². The number of hydrazine groups is 1. The molecule has 3 aromatic rings. The number of pyridine rings is 1. The summed E-state index contributed by atoms with van der Waals surface area (Å²) in [5.74, 6) is 6.80. The van der Waals surface area contributed by atoms with Crippen LogP contribution in [0.5, 0.6) is 5.75 Å². The number of aromatic amines is 1.